The van der Waals surface area contributed by atoms with Crippen LogP contribution in [0, 0.1) is 0 Å². The van der Waals surface area contributed by atoms with Crippen molar-refractivity contribution in [3.8, 4) is 17.0 Å². The van der Waals surface area contributed by atoms with Crippen molar-refractivity contribution >= 4 is 29.3 Å². The van der Waals surface area contributed by atoms with Gasteiger partial charge in [-0.3, -0.25) is 4.79 Å². The van der Waals surface area contributed by atoms with Crippen molar-refractivity contribution in [3.63, 3.8) is 0 Å². The maximum atomic E-state index is 11.7. The molecule has 3 rings (SSSR count). The highest BCUT2D eigenvalue weighted by Gasteiger charge is 2.26. The van der Waals surface area contributed by atoms with E-state index in [-0.39, 0.29) is 12.0 Å². The summed E-state index contributed by atoms with van der Waals surface area (Å²) in [7, 11) is 0. The number of thioether (sulfide) groups is 1. The van der Waals surface area contributed by atoms with Crippen LogP contribution in [0.4, 0.5) is 0 Å². The first-order chi connectivity index (χ1) is 12.6. The van der Waals surface area contributed by atoms with E-state index in [0.29, 0.717) is 36.6 Å². The van der Waals surface area contributed by atoms with Crippen molar-refractivity contribution in [2.45, 2.75) is 30.5 Å². The van der Waals surface area contributed by atoms with Crippen LogP contribution in [0.2, 0.25) is 5.02 Å². The van der Waals surface area contributed by atoms with E-state index in [1.54, 1.807) is 12.3 Å². The number of fused-ring (bicyclic) bond motifs is 1. The smallest absolute Gasteiger partial charge is 0.220 e. The number of nitrogens with one attached hydrogen (secondary N) is 1. The molecule has 0 saturated carbocycles. The molecule has 1 aliphatic rings. The summed E-state index contributed by atoms with van der Waals surface area (Å²) in [4.78, 5) is 20.5. The average molecular weight is 390 g/mol. The van der Waals surface area contributed by atoms with Gasteiger partial charge < -0.3 is 10.1 Å². The number of allylic oxidation sites excluding steroid dienone is 1. The van der Waals surface area contributed by atoms with Gasteiger partial charge in [0, 0.05) is 30.2 Å². The van der Waals surface area contributed by atoms with Gasteiger partial charge in [-0.1, -0.05) is 29.4 Å². The second-order valence-corrected chi connectivity index (χ2v) is 7.13. The lowest BCUT2D eigenvalue weighted by molar-refractivity contribution is -0.121. The number of ether oxygens (including phenoxy) is 1. The van der Waals surface area contributed by atoms with Gasteiger partial charge in [0.25, 0.3) is 0 Å². The molecule has 5 nitrogen and oxygen atoms in total. The SMILES string of the molecule is C=CCCC(=O)NCC1Cc2cc(-c3ccnc(SC)n3)cc(Cl)c2O1. The van der Waals surface area contributed by atoms with Crippen LogP contribution in [0.25, 0.3) is 11.3 Å². The van der Waals surface area contributed by atoms with Gasteiger partial charge >= 0.3 is 0 Å². The fourth-order valence-corrected chi connectivity index (χ4v) is 3.44. The Kier molecular flexibility index (Phi) is 6.16. The molecular weight excluding hydrogens is 370 g/mol. The highest BCUT2D eigenvalue weighted by atomic mass is 35.5. The number of carbonyl (C=O) groups excluding carboxylic acids is 1. The second-order valence-electron chi connectivity index (χ2n) is 5.95. The van der Waals surface area contributed by atoms with Crippen molar-refractivity contribution in [1.82, 2.24) is 15.3 Å². The summed E-state index contributed by atoms with van der Waals surface area (Å²) < 4.78 is 5.92. The number of benzene rings is 1. The van der Waals surface area contributed by atoms with Gasteiger partial charge in [-0.05, 0) is 30.9 Å². The zero-order valence-corrected chi connectivity index (χ0v) is 16.1. The molecule has 1 aromatic heterocycles. The van der Waals surface area contributed by atoms with Crippen LogP contribution in [-0.4, -0.2) is 34.8 Å². The standard InChI is InChI=1S/C19H20ClN3O2S/c1-3-4-5-17(24)22-11-14-9-13-8-12(10-15(20)18(13)25-14)16-6-7-21-19(23-16)26-2/h3,6-8,10,14H,1,4-5,9,11H2,2H3,(H,22,24). The summed E-state index contributed by atoms with van der Waals surface area (Å²) in [5.74, 6) is 0.696. The van der Waals surface area contributed by atoms with E-state index in [1.807, 2.05) is 24.5 Å². The molecule has 0 fully saturated rings. The summed E-state index contributed by atoms with van der Waals surface area (Å²) >= 11 is 7.92. The van der Waals surface area contributed by atoms with Crippen LogP contribution < -0.4 is 10.1 Å². The molecule has 0 radical (unpaired) electrons. The van der Waals surface area contributed by atoms with Crippen LogP contribution in [0.1, 0.15) is 18.4 Å². The Hall–Kier alpha value is -2.05. The Bertz CT molecular complexity index is 828. The number of amides is 1. The Morgan fingerprint density at radius 3 is 3.15 bits per heavy atom. The van der Waals surface area contributed by atoms with Crippen molar-refractivity contribution in [2.75, 3.05) is 12.8 Å². The molecule has 0 aliphatic carbocycles. The lowest BCUT2D eigenvalue weighted by Crippen LogP contribution is -2.34. The largest absolute Gasteiger partial charge is 0.486 e. The lowest BCUT2D eigenvalue weighted by atomic mass is 10.0. The zero-order valence-electron chi connectivity index (χ0n) is 14.5. The van der Waals surface area contributed by atoms with Crippen LogP contribution in [-0.2, 0) is 11.2 Å². The Labute approximate surface area is 162 Å². The van der Waals surface area contributed by atoms with Gasteiger partial charge in [0.2, 0.25) is 5.91 Å². The van der Waals surface area contributed by atoms with Gasteiger partial charge in [0.05, 0.1) is 17.3 Å². The monoisotopic (exact) mass is 389 g/mol. The van der Waals surface area contributed by atoms with E-state index in [4.69, 9.17) is 16.3 Å². The molecule has 7 heteroatoms. The maximum absolute atomic E-state index is 11.7. The molecule has 1 amide bonds. The van der Waals surface area contributed by atoms with E-state index in [0.717, 1.165) is 22.0 Å². The van der Waals surface area contributed by atoms with E-state index in [2.05, 4.69) is 21.9 Å². The quantitative estimate of drug-likeness (QED) is 0.442. The summed E-state index contributed by atoms with van der Waals surface area (Å²) in [6.45, 7) is 4.08. The predicted octanol–water partition coefficient (Wildman–Crippen LogP) is 3.90. The fraction of sp³-hybridized carbons (Fsp3) is 0.316. The number of hydrogen-bond donors (Lipinski definition) is 1. The highest BCUT2D eigenvalue weighted by molar-refractivity contribution is 7.98. The minimum atomic E-state index is -0.113. The third-order valence-electron chi connectivity index (χ3n) is 4.07. The normalized spacial score (nSPS) is 15.2. The summed E-state index contributed by atoms with van der Waals surface area (Å²) in [6.07, 6.45) is 7.12. The maximum Gasteiger partial charge on any atom is 0.220 e. The number of hydrogen-bond acceptors (Lipinski definition) is 5. The van der Waals surface area contributed by atoms with Crippen LogP contribution in [0.5, 0.6) is 5.75 Å². The summed E-state index contributed by atoms with van der Waals surface area (Å²) in [5, 5.41) is 4.17. The van der Waals surface area contributed by atoms with E-state index < -0.39 is 0 Å². The van der Waals surface area contributed by atoms with E-state index in [1.165, 1.54) is 11.8 Å². The average Bonchev–Trinajstić information content (AvgIpc) is 3.08. The summed E-state index contributed by atoms with van der Waals surface area (Å²) in [6, 6.07) is 5.77. The Morgan fingerprint density at radius 1 is 1.54 bits per heavy atom. The highest BCUT2D eigenvalue weighted by Crippen LogP contribution is 2.39. The number of nitrogens with zero attached hydrogens (tertiary/aromatic N) is 2. The van der Waals surface area contributed by atoms with E-state index in [9.17, 15) is 4.79 Å². The minimum Gasteiger partial charge on any atom is -0.486 e. The first kappa shape index (κ1) is 18.7. The van der Waals surface area contributed by atoms with Gasteiger partial charge in [-0.25, -0.2) is 9.97 Å². The fourth-order valence-electron chi connectivity index (χ4n) is 2.80. The zero-order chi connectivity index (χ0) is 18.5. The molecule has 1 aromatic carbocycles. The van der Waals surface area contributed by atoms with Gasteiger partial charge in [0.1, 0.15) is 11.9 Å². The third kappa shape index (κ3) is 4.37. The van der Waals surface area contributed by atoms with Crippen molar-refractivity contribution in [3.05, 3.63) is 47.6 Å². The third-order valence-corrected chi connectivity index (χ3v) is 4.91. The molecule has 1 N–H and O–H groups in total. The van der Waals surface area contributed by atoms with Crippen LogP contribution >= 0.6 is 23.4 Å². The molecule has 1 aliphatic heterocycles. The first-order valence-electron chi connectivity index (χ1n) is 8.34. The Balaban J connectivity index is 1.71. The lowest BCUT2D eigenvalue weighted by Gasteiger charge is -2.12. The number of rotatable bonds is 7. The van der Waals surface area contributed by atoms with Crippen LogP contribution in [0.15, 0.2) is 42.2 Å². The topological polar surface area (TPSA) is 64.1 Å². The van der Waals surface area contributed by atoms with E-state index >= 15 is 0 Å². The Morgan fingerprint density at radius 2 is 2.38 bits per heavy atom. The molecule has 0 bridgehead atoms. The number of carbonyl (C=O) groups is 1. The molecule has 2 aromatic rings. The minimum absolute atomic E-state index is 0.00169. The van der Waals surface area contributed by atoms with Crippen molar-refractivity contribution in [2.24, 2.45) is 0 Å². The molecule has 26 heavy (non-hydrogen) atoms. The molecular formula is C19H20ClN3O2S. The molecule has 2 heterocycles. The first-order valence-corrected chi connectivity index (χ1v) is 9.95. The van der Waals surface area contributed by atoms with Gasteiger partial charge in [0.15, 0.2) is 5.16 Å². The van der Waals surface area contributed by atoms with Crippen molar-refractivity contribution < 1.29 is 9.53 Å². The van der Waals surface area contributed by atoms with Gasteiger partial charge in [-0.15, -0.1) is 6.58 Å². The van der Waals surface area contributed by atoms with Gasteiger partial charge in [-0.2, -0.15) is 0 Å². The predicted molar refractivity (Wildman–Crippen MR) is 105 cm³/mol. The number of halogens is 1. The molecule has 1 unspecified atom stereocenters. The summed E-state index contributed by atoms with van der Waals surface area (Å²) in [5.41, 5.74) is 2.79. The molecule has 136 valence electrons. The van der Waals surface area contributed by atoms with Crippen molar-refractivity contribution in [1.29, 1.82) is 0 Å². The molecule has 0 saturated heterocycles. The second kappa shape index (κ2) is 8.56. The number of aromatic nitrogens is 2. The molecule has 0 spiro atoms. The van der Waals surface area contributed by atoms with Crippen LogP contribution in [0.3, 0.4) is 0 Å². The molecule has 1 atom stereocenters.